The summed E-state index contributed by atoms with van der Waals surface area (Å²) in [5.41, 5.74) is 2.76. The van der Waals surface area contributed by atoms with Gasteiger partial charge < -0.3 is 5.32 Å². The van der Waals surface area contributed by atoms with Crippen molar-refractivity contribution >= 4 is 17.7 Å². The highest BCUT2D eigenvalue weighted by molar-refractivity contribution is 7.99. The summed E-state index contributed by atoms with van der Waals surface area (Å²) in [6.45, 7) is 1.84. The van der Waals surface area contributed by atoms with Crippen LogP contribution >= 0.6 is 11.8 Å². The topological polar surface area (TPSA) is 70.7 Å². The lowest BCUT2D eigenvalue weighted by Gasteiger charge is -2.25. The number of hydrogen-bond acceptors (Lipinski definition) is 4. The number of H-pyrrole nitrogens is 1. The van der Waals surface area contributed by atoms with Crippen molar-refractivity contribution in [2.45, 2.75) is 37.4 Å². The lowest BCUT2D eigenvalue weighted by atomic mass is 9.88. The van der Waals surface area contributed by atoms with E-state index in [1.54, 1.807) is 0 Å². The van der Waals surface area contributed by atoms with Crippen LogP contribution in [0.15, 0.2) is 29.4 Å². The average Bonchev–Trinajstić information content (AvgIpc) is 2.91. The van der Waals surface area contributed by atoms with Crippen molar-refractivity contribution in [1.82, 2.24) is 20.5 Å². The Morgan fingerprint density at radius 1 is 1.43 bits per heavy atom. The van der Waals surface area contributed by atoms with Crippen molar-refractivity contribution in [3.05, 3.63) is 41.2 Å². The van der Waals surface area contributed by atoms with Gasteiger partial charge in [0.05, 0.1) is 5.75 Å². The molecule has 0 radical (unpaired) electrons. The van der Waals surface area contributed by atoms with Gasteiger partial charge in [-0.2, -0.15) is 0 Å². The first-order valence-electron chi connectivity index (χ1n) is 7.08. The van der Waals surface area contributed by atoms with Gasteiger partial charge in [0.25, 0.3) is 0 Å². The number of nitrogens with zero attached hydrogens (tertiary/aromatic N) is 2. The summed E-state index contributed by atoms with van der Waals surface area (Å²) in [4.78, 5) is 16.2. The molecule has 0 spiro atoms. The molecule has 110 valence electrons. The van der Waals surface area contributed by atoms with Crippen LogP contribution in [0, 0.1) is 6.92 Å². The largest absolute Gasteiger partial charge is 0.352 e. The number of hydrogen-bond donors (Lipinski definition) is 2. The second-order valence-corrected chi connectivity index (χ2v) is 6.21. The molecule has 1 amide bonds. The maximum Gasteiger partial charge on any atom is 0.230 e. The first-order valence-corrected chi connectivity index (χ1v) is 8.07. The number of aromatic amines is 1. The molecule has 0 fully saturated rings. The number of aryl methyl sites for hydroxylation is 2. The van der Waals surface area contributed by atoms with Crippen molar-refractivity contribution in [2.24, 2.45) is 0 Å². The van der Waals surface area contributed by atoms with Gasteiger partial charge in [-0.3, -0.25) is 9.89 Å². The van der Waals surface area contributed by atoms with Crippen molar-refractivity contribution in [3.63, 3.8) is 0 Å². The van der Waals surface area contributed by atoms with Gasteiger partial charge in [-0.15, -0.1) is 5.10 Å². The van der Waals surface area contributed by atoms with E-state index in [1.165, 1.54) is 22.9 Å². The van der Waals surface area contributed by atoms with Gasteiger partial charge in [0, 0.05) is 6.04 Å². The SMILES string of the molecule is Cc1nc(SCC(=O)N[C@H]2CCc3ccccc3C2)n[nH]1. The fourth-order valence-electron chi connectivity index (χ4n) is 2.61. The molecule has 1 aliphatic carbocycles. The minimum atomic E-state index is 0.0480. The molecule has 3 rings (SSSR count). The molecule has 0 unspecified atom stereocenters. The van der Waals surface area contributed by atoms with Gasteiger partial charge in [0.2, 0.25) is 11.1 Å². The van der Waals surface area contributed by atoms with Gasteiger partial charge in [-0.25, -0.2) is 4.98 Å². The molecule has 6 heteroatoms. The van der Waals surface area contributed by atoms with Crippen molar-refractivity contribution in [3.8, 4) is 0 Å². The summed E-state index contributed by atoms with van der Waals surface area (Å²) in [5, 5.41) is 10.5. The number of benzene rings is 1. The number of carbonyl (C=O) groups excluding carboxylic acids is 1. The van der Waals surface area contributed by atoms with E-state index in [9.17, 15) is 4.79 Å². The number of fused-ring (bicyclic) bond motifs is 1. The highest BCUT2D eigenvalue weighted by Crippen LogP contribution is 2.21. The molecule has 0 saturated carbocycles. The van der Waals surface area contributed by atoms with Crippen LogP contribution in [0.3, 0.4) is 0 Å². The van der Waals surface area contributed by atoms with Crippen molar-refractivity contribution in [2.75, 3.05) is 5.75 Å². The third-order valence-electron chi connectivity index (χ3n) is 3.62. The summed E-state index contributed by atoms with van der Waals surface area (Å²) in [6.07, 6.45) is 2.97. The van der Waals surface area contributed by atoms with Crippen molar-refractivity contribution in [1.29, 1.82) is 0 Å². The zero-order valence-corrected chi connectivity index (χ0v) is 12.7. The average molecular weight is 302 g/mol. The van der Waals surface area contributed by atoms with Crippen LogP contribution in [-0.4, -0.2) is 32.9 Å². The number of rotatable bonds is 4. The summed E-state index contributed by atoms with van der Waals surface area (Å²) >= 11 is 1.36. The molecule has 0 aliphatic heterocycles. The summed E-state index contributed by atoms with van der Waals surface area (Å²) in [5.74, 6) is 1.17. The first kappa shape index (κ1) is 14.1. The lowest BCUT2D eigenvalue weighted by Crippen LogP contribution is -2.39. The zero-order chi connectivity index (χ0) is 14.7. The van der Waals surface area contributed by atoms with Crippen LogP contribution in [0.4, 0.5) is 0 Å². The van der Waals surface area contributed by atoms with Gasteiger partial charge >= 0.3 is 0 Å². The van der Waals surface area contributed by atoms with E-state index < -0.39 is 0 Å². The molecule has 1 atom stereocenters. The number of thioether (sulfide) groups is 1. The Hall–Kier alpha value is -1.82. The van der Waals surface area contributed by atoms with E-state index in [1.807, 2.05) is 6.92 Å². The number of nitrogens with one attached hydrogen (secondary N) is 2. The van der Waals surface area contributed by atoms with Gasteiger partial charge in [0.1, 0.15) is 5.82 Å². The smallest absolute Gasteiger partial charge is 0.230 e. The standard InChI is InChI=1S/C15H18N4OS/c1-10-16-15(19-18-10)21-9-14(20)17-13-7-6-11-4-2-3-5-12(11)8-13/h2-5,13H,6-9H2,1H3,(H,17,20)(H,16,18,19)/t13-/m0/s1. The van der Waals surface area contributed by atoms with Crippen LogP contribution in [-0.2, 0) is 17.6 Å². The van der Waals surface area contributed by atoms with Gasteiger partial charge in [-0.05, 0) is 37.3 Å². The van der Waals surface area contributed by atoms with E-state index in [-0.39, 0.29) is 11.9 Å². The third-order valence-corrected chi connectivity index (χ3v) is 4.47. The number of aromatic nitrogens is 3. The molecule has 0 bridgehead atoms. The Bertz CT molecular complexity index is 640. The van der Waals surface area contributed by atoms with E-state index >= 15 is 0 Å². The third kappa shape index (κ3) is 3.64. The van der Waals surface area contributed by atoms with Crippen LogP contribution in [0.5, 0.6) is 0 Å². The maximum atomic E-state index is 12.0. The molecule has 21 heavy (non-hydrogen) atoms. The fraction of sp³-hybridized carbons (Fsp3) is 0.400. The first-order chi connectivity index (χ1) is 10.2. The van der Waals surface area contributed by atoms with Crippen LogP contribution < -0.4 is 5.32 Å². The molecular formula is C15H18N4OS. The minimum absolute atomic E-state index is 0.0480. The Kier molecular flexibility index (Phi) is 4.24. The van der Waals surface area contributed by atoms with E-state index in [0.29, 0.717) is 10.9 Å². The van der Waals surface area contributed by atoms with Gasteiger partial charge in [-0.1, -0.05) is 36.0 Å². The second-order valence-electron chi connectivity index (χ2n) is 5.27. The molecule has 1 aromatic carbocycles. The Morgan fingerprint density at radius 3 is 3.00 bits per heavy atom. The minimum Gasteiger partial charge on any atom is -0.352 e. The van der Waals surface area contributed by atoms with Crippen LogP contribution in [0.2, 0.25) is 0 Å². The summed E-state index contributed by atoms with van der Waals surface area (Å²) < 4.78 is 0. The highest BCUT2D eigenvalue weighted by atomic mass is 32.2. The normalized spacial score (nSPS) is 17.3. The lowest BCUT2D eigenvalue weighted by molar-refractivity contribution is -0.119. The van der Waals surface area contributed by atoms with E-state index in [0.717, 1.165) is 25.1 Å². The van der Waals surface area contributed by atoms with Gasteiger partial charge in [0.15, 0.2) is 0 Å². The molecule has 2 N–H and O–H groups in total. The predicted octanol–water partition coefficient (Wildman–Crippen LogP) is 1.88. The Balaban J connectivity index is 1.50. The summed E-state index contributed by atoms with van der Waals surface area (Å²) in [7, 11) is 0. The molecule has 0 saturated heterocycles. The van der Waals surface area contributed by atoms with E-state index in [4.69, 9.17) is 0 Å². The molecule has 1 aromatic heterocycles. The predicted molar refractivity (Wildman–Crippen MR) is 82.2 cm³/mol. The zero-order valence-electron chi connectivity index (χ0n) is 11.9. The maximum absolute atomic E-state index is 12.0. The summed E-state index contributed by atoms with van der Waals surface area (Å²) in [6, 6.07) is 8.70. The number of carbonyl (C=O) groups is 1. The van der Waals surface area contributed by atoms with Crippen molar-refractivity contribution < 1.29 is 4.79 Å². The molecular weight excluding hydrogens is 284 g/mol. The Morgan fingerprint density at radius 2 is 2.24 bits per heavy atom. The second kappa shape index (κ2) is 6.30. The number of amides is 1. The molecule has 2 aromatic rings. The molecule has 1 aliphatic rings. The quantitative estimate of drug-likeness (QED) is 0.846. The molecule has 5 nitrogen and oxygen atoms in total. The van der Waals surface area contributed by atoms with Crippen LogP contribution in [0.25, 0.3) is 0 Å². The fourth-order valence-corrected chi connectivity index (χ4v) is 3.26. The monoisotopic (exact) mass is 302 g/mol. The van der Waals surface area contributed by atoms with Crippen LogP contribution in [0.1, 0.15) is 23.4 Å². The highest BCUT2D eigenvalue weighted by Gasteiger charge is 2.19. The van der Waals surface area contributed by atoms with E-state index in [2.05, 4.69) is 44.8 Å². The molecule has 1 heterocycles. The Labute approximate surface area is 127 Å².